The van der Waals surface area contributed by atoms with Gasteiger partial charge in [-0.2, -0.15) is 0 Å². The van der Waals surface area contributed by atoms with Crippen molar-refractivity contribution in [1.82, 2.24) is 0 Å². The van der Waals surface area contributed by atoms with Crippen molar-refractivity contribution in [3.8, 4) is 5.75 Å². The summed E-state index contributed by atoms with van der Waals surface area (Å²) in [6.45, 7) is 2.28. The van der Waals surface area contributed by atoms with Gasteiger partial charge >= 0.3 is 35.5 Å². The van der Waals surface area contributed by atoms with Gasteiger partial charge in [0, 0.05) is 6.42 Å². The molecule has 0 saturated carbocycles. The molecule has 27 heavy (non-hydrogen) atoms. The van der Waals surface area contributed by atoms with Crippen molar-refractivity contribution >= 4 is 5.97 Å². The second kappa shape index (κ2) is 20.4. The van der Waals surface area contributed by atoms with E-state index < -0.39 is 0 Å². The van der Waals surface area contributed by atoms with Crippen LogP contribution in [0.3, 0.4) is 0 Å². The molecule has 0 N–H and O–H groups in total. The summed E-state index contributed by atoms with van der Waals surface area (Å²) in [4.78, 5) is 11.7. The first kappa shape index (κ1) is 26.7. The molecule has 1 aromatic rings. The van der Waals surface area contributed by atoms with Crippen LogP contribution in [0, 0.1) is 0 Å². The SMILES string of the molecule is CCCCCCCCCCCCCCCCCC(=O)Oc1ccccc1.[H-].[Na+]. The Labute approximate surface area is 191 Å². The van der Waals surface area contributed by atoms with Crippen LogP contribution >= 0.6 is 0 Å². The van der Waals surface area contributed by atoms with Gasteiger partial charge in [0.1, 0.15) is 5.75 Å². The molecule has 2 nitrogen and oxygen atoms in total. The zero-order chi connectivity index (χ0) is 18.7. The summed E-state index contributed by atoms with van der Waals surface area (Å²) in [6, 6.07) is 9.34. The number of hydrogen-bond donors (Lipinski definition) is 0. The van der Waals surface area contributed by atoms with Gasteiger partial charge in [0.15, 0.2) is 0 Å². The number of ether oxygens (including phenoxy) is 1. The first-order valence-electron chi connectivity index (χ1n) is 11.1. The summed E-state index contributed by atoms with van der Waals surface area (Å²) >= 11 is 0. The second-order valence-corrected chi connectivity index (χ2v) is 7.49. The zero-order valence-electron chi connectivity index (χ0n) is 19.0. The fraction of sp³-hybridized carbons (Fsp3) is 0.708. The van der Waals surface area contributed by atoms with E-state index in [0.717, 1.165) is 12.8 Å². The fourth-order valence-corrected chi connectivity index (χ4v) is 3.31. The molecule has 0 aliphatic rings. The molecule has 0 aliphatic heterocycles. The average Bonchev–Trinajstić information content (AvgIpc) is 2.65. The van der Waals surface area contributed by atoms with Crippen LogP contribution in [0.15, 0.2) is 30.3 Å². The number of rotatable bonds is 17. The summed E-state index contributed by atoms with van der Waals surface area (Å²) in [5.74, 6) is 0.546. The maximum atomic E-state index is 11.7. The Morgan fingerprint density at radius 1 is 0.704 bits per heavy atom. The molecule has 0 radical (unpaired) electrons. The van der Waals surface area contributed by atoms with Crippen LogP contribution in [0.1, 0.15) is 111 Å². The summed E-state index contributed by atoms with van der Waals surface area (Å²) in [7, 11) is 0. The van der Waals surface area contributed by atoms with Crippen LogP contribution in [0.5, 0.6) is 5.75 Å². The first-order chi connectivity index (χ1) is 12.8. The fourth-order valence-electron chi connectivity index (χ4n) is 3.31. The van der Waals surface area contributed by atoms with Gasteiger partial charge in [0.2, 0.25) is 0 Å². The number of esters is 1. The Balaban J connectivity index is 0. The summed E-state index contributed by atoms with van der Waals surface area (Å²) in [5.41, 5.74) is 0. The number of carbonyl (C=O) groups excluding carboxylic acids is 1. The molecule has 0 aliphatic carbocycles. The Morgan fingerprint density at radius 3 is 1.56 bits per heavy atom. The van der Waals surface area contributed by atoms with Crippen molar-refractivity contribution in [2.24, 2.45) is 0 Å². The average molecular weight is 385 g/mol. The van der Waals surface area contributed by atoms with Gasteiger partial charge in [-0.1, -0.05) is 115 Å². The van der Waals surface area contributed by atoms with E-state index in [1.807, 2.05) is 30.3 Å². The zero-order valence-corrected chi connectivity index (χ0v) is 20.0. The number of carbonyl (C=O) groups is 1. The molecule has 0 saturated heterocycles. The van der Waals surface area contributed by atoms with Gasteiger partial charge in [-0.05, 0) is 18.6 Å². The summed E-state index contributed by atoms with van der Waals surface area (Å²) in [5, 5.41) is 0. The molecule has 1 rings (SSSR count). The molecule has 0 atom stereocenters. The van der Waals surface area contributed by atoms with E-state index in [1.165, 1.54) is 83.5 Å². The molecule has 0 amide bonds. The van der Waals surface area contributed by atoms with Crippen LogP contribution in [-0.4, -0.2) is 5.97 Å². The van der Waals surface area contributed by atoms with E-state index in [4.69, 9.17) is 4.74 Å². The normalized spacial score (nSPS) is 10.4. The number of unbranched alkanes of at least 4 members (excludes halogenated alkanes) is 14. The third kappa shape index (κ3) is 17.5. The molecule has 0 unspecified atom stereocenters. The van der Waals surface area contributed by atoms with E-state index in [1.54, 1.807) is 0 Å². The molecular weight excluding hydrogens is 343 g/mol. The minimum atomic E-state index is -0.106. The largest absolute Gasteiger partial charge is 1.00 e. The molecule has 0 spiro atoms. The maximum Gasteiger partial charge on any atom is 1.00 e. The standard InChI is InChI=1S/C24H40O2.Na.H/c1-2-3-4-5-6-7-8-9-10-11-12-13-14-15-19-22-24(25)26-23-20-17-16-18-21-23;;/h16-18,20-21H,2-15,19,22H2,1H3;;/q;+1;-1. The second-order valence-electron chi connectivity index (χ2n) is 7.49. The third-order valence-corrected chi connectivity index (χ3v) is 4.96. The van der Waals surface area contributed by atoms with Gasteiger partial charge in [0.05, 0.1) is 0 Å². The Kier molecular flexibility index (Phi) is 20.2. The van der Waals surface area contributed by atoms with Crippen LogP contribution in [0.25, 0.3) is 0 Å². The quantitative estimate of drug-likeness (QED) is 0.164. The smallest absolute Gasteiger partial charge is 1.00 e. The van der Waals surface area contributed by atoms with Crippen LogP contribution in [0.4, 0.5) is 0 Å². The molecule has 0 fully saturated rings. The van der Waals surface area contributed by atoms with Gasteiger partial charge < -0.3 is 6.16 Å². The van der Waals surface area contributed by atoms with Gasteiger partial charge in [-0.25, -0.2) is 0 Å². The Bertz CT molecular complexity index is 439. The van der Waals surface area contributed by atoms with Gasteiger partial charge in [-0.3, -0.25) is 4.79 Å². The predicted octanol–water partition coefficient (Wildman–Crippen LogP) is 4.97. The molecule has 3 heteroatoms. The molecule has 1 aromatic carbocycles. The Morgan fingerprint density at radius 2 is 1.11 bits per heavy atom. The number of para-hydroxylation sites is 1. The first-order valence-corrected chi connectivity index (χ1v) is 11.1. The maximum absolute atomic E-state index is 11.7. The van der Waals surface area contributed by atoms with Crippen LogP contribution < -0.4 is 34.3 Å². The van der Waals surface area contributed by atoms with Crippen molar-refractivity contribution in [1.29, 1.82) is 0 Å². The van der Waals surface area contributed by atoms with Crippen LogP contribution in [-0.2, 0) is 4.79 Å². The van der Waals surface area contributed by atoms with E-state index in [2.05, 4.69) is 6.92 Å². The monoisotopic (exact) mass is 384 g/mol. The Hall–Kier alpha value is -0.310. The van der Waals surface area contributed by atoms with Gasteiger partial charge in [0.25, 0.3) is 0 Å². The summed E-state index contributed by atoms with van der Waals surface area (Å²) in [6.07, 6.45) is 20.7. The molecule has 0 bridgehead atoms. The molecule has 0 heterocycles. The third-order valence-electron chi connectivity index (χ3n) is 4.96. The number of benzene rings is 1. The topological polar surface area (TPSA) is 26.3 Å². The van der Waals surface area contributed by atoms with Crippen molar-refractivity contribution in [2.75, 3.05) is 0 Å². The van der Waals surface area contributed by atoms with E-state index in [9.17, 15) is 4.79 Å². The van der Waals surface area contributed by atoms with E-state index in [-0.39, 0.29) is 37.0 Å². The molecule has 150 valence electrons. The predicted molar refractivity (Wildman–Crippen MR) is 113 cm³/mol. The molecular formula is C24H41NaO2. The number of hydrogen-bond acceptors (Lipinski definition) is 2. The summed E-state index contributed by atoms with van der Waals surface area (Å²) < 4.78 is 5.29. The minimum absolute atomic E-state index is 0. The van der Waals surface area contributed by atoms with E-state index in [0.29, 0.717) is 12.2 Å². The molecule has 0 aromatic heterocycles. The van der Waals surface area contributed by atoms with E-state index >= 15 is 0 Å². The van der Waals surface area contributed by atoms with Gasteiger partial charge in [-0.15, -0.1) is 0 Å². The minimum Gasteiger partial charge on any atom is -1.00 e. The van der Waals surface area contributed by atoms with Crippen molar-refractivity contribution < 1.29 is 40.5 Å². The van der Waals surface area contributed by atoms with Crippen molar-refractivity contribution in [3.63, 3.8) is 0 Å². The van der Waals surface area contributed by atoms with Crippen LogP contribution in [0.2, 0.25) is 0 Å². The van der Waals surface area contributed by atoms with Crippen molar-refractivity contribution in [3.05, 3.63) is 30.3 Å². The van der Waals surface area contributed by atoms with Crippen molar-refractivity contribution in [2.45, 2.75) is 110 Å².